The Morgan fingerprint density at radius 3 is 2.60 bits per heavy atom. The molecule has 0 aliphatic rings. The number of para-hydroxylation sites is 1. The number of ether oxygens (including phenoxy) is 1. The lowest BCUT2D eigenvalue weighted by molar-refractivity contribution is 0.303. The summed E-state index contributed by atoms with van der Waals surface area (Å²) in [6, 6.07) is 17.4. The molecule has 0 radical (unpaired) electrons. The third-order valence-corrected chi connectivity index (χ3v) is 3.48. The molecule has 0 spiro atoms. The first kappa shape index (κ1) is 12.8. The molecular formula is C16H10BrNO2. The van der Waals surface area contributed by atoms with Crippen LogP contribution in [-0.4, -0.2) is 0 Å². The zero-order chi connectivity index (χ0) is 13.9. The Morgan fingerprint density at radius 2 is 1.85 bits per heavy atom. The maximum absolute atomic E-state index is 9.12. The SMILES string of the molecule is N#Cc1oc2ccccc2c1OCc1ccc(Br)cc1. The number of rotatable bonds is 3. The molecule has 3 rings (SSSR count). The lowest BCUT2D eigenvalue weighted by Gasteiger charge is -2.05. The summed E-state index contributed by atoms with van der Waals surface area (Å²) in [6.45, 7) is 0.394. The maximum atomic E-state index is 9.12. The highest BCUT2D eigenvalue weighted by Crippen LogP contribution is 2.33. The Labute approximate surface area is 124 Å². The van der Waals surface area contributed by atoms with Gasteiger partial charge in [-0.25, -0.2) is 0 Å². The van der Waals surface area contributed by atoms with E-state index >= 15 is 0 Å². The fourth-order valence-electron chi connectivity index (χ4n) is 1.97. The van der Waals surface area contributed by atoms with Crippen molar-refractivity contribution in [2.75, 3.05) is 0 Å². The van der Waals surface area contributed by atoms with Crippen molar-refractivity contribution in [1.29, 1.82) is 5.26 Å². The Balaban J connectivity index is 1.90. The summed E-state index contributed by atoms with van der Waals surface area (Å²) in [7, 11) is 0. The third-order valence-electron chi connectivity index (χ3n) is 2.95. The molecule has 0 aliphatic carbocycles. The lowest BCUT2D eigenvalue weighted by Crippen LogP contribution is -1.95. The average molecular weight is 328 g/mol. The predicted octanol–water partition coefficient (Wildman–Crippen LogP) is 4.65. The van der Waals surface area contributed by atoms with Gasteiger partial charge in [0.1, 0.15) is 18.3 Å². The van der Waals surface area contributed by atoms with Gasteiger partial charge in [0.2, 0.25) is 5.76 Å². The molecule has 98 valence electrons. The van der Waals surface area contributed by atoms with E-state index in [0.717, 1.165) is 15.4 Å². The van der Waals surface area contributed by atoms with Crippen LogP contribution in [0.3, 0.4) is 0 Å². The van der Waals surface area contributed by atoms with Crippen LogP contribution < -0.4 is 4.74 Å². The Kier molecular flexibility index (Phi) is 3.44. The Morgan fingerprint density at radius 1 is 1.10 bits per heavy atom. The maximum Gasteiger partial charge on any atom is 0.246 e. The highest BCUT2D eigenvalue weighted by atomic mass is 79.9. The van der Waals surface area contributed by atoms with Crippen molar-refractivity contribution in [3.63, 3.8) is 0 Å². The molecule has 0 saturated heterocycles. The monoisotopic (exact) mass is 327 g/mol. The van der Waals surface area contributed by atoms with Crippen LogP contribution >= 0.6 is 15.9 Å². The smallest absolute Gasteiger partial charge is 0.246 e. The number of fused-ring (bicyclic) bond motifs is 1. The first-order valence-electron chi connectivity index (χ1n) is 6.07. The van der Waals surface area contributed by atoms with E-state index in [1.807, 2.05) is 54.6 Å². The molecule has 0 amide bonds. The third kappa shape index (κ3) is 2.40. The second-order valence-corrected chi connectivity index (χ2v) is 5.20. The van der Waals surface area contributed by atoms with Crippen LogP contribution in [0.25, 0.3) is 11.0 Å². The highest BCUT2D eigenvalue weighted by Gasteiger charge is 2.14. The van der Waals surface area contributed by atoms with Crippen molar-refractivity contribution in [2.45, 2.75) is 6.61 Å². The van der Waals surface area contributed by atoms with Crippen LogP contribution in [-0.2, 0) is 6.61 Å². The molecule has 0 saturated carbocycles. The van der Waals surface area contributed by atoms with E-state index in [4.69, 9.17) is 14.4 Å². The van der Waals surface area contributed by atoms with E-state index < -0.39 is 0 Å². The minimum Gasteiger partial charge on any atom is -0.483 e. The van der Waals surface area contributed by atoms with E-state index in [1.54, 1.807) is 0 Å². The number of nitriles is 1. The first-order valence-corrected chi connectivity index (χ1v) is 6.86. The summed E-state index contributed by atoms with van der Waals surface area (Å²) < 4.78 is 12.3. The molecular weight excluding hydrogens is 318 g/mol. The molecule has 4 heteroatoms. The summed E-state index contributed by atoms with van der Waals surface area (Å²) in [5.74, 6) is 0.717. The number of benzene rings is 2. The van der Waals surface area contributed by atoms with E-state index in [2.05, 4.69) is 15.9 Å². The largest absolute Gasteiger partial charge is 0.483 e. The van der Waals surface area contributed by atoms with E-state index in [1.165, 1.54) is 0 Å². The van der Waals surface area contributed by atoms with E-state index in [-0.39, 0.29) is 5.76 Å². The number of hydrogen-bond donors (Lipinski definition) is 0. The Hall–Kier alpha value is -2.25. The molecule has 0 unspecified atom stereocenters. The molecule has 0 fully saturated rings. The quantitative estimate of drug-likeness (QED) is 0.703. The van der Waals surface area contributed by atoms with Crippen molar-refractivity contribution in [2.24, 2.45) is 0 Å². The number of furan rings is 1. The first-order chi connectivity index (χ1) is 9.78. The molecule has 20 heavy (non-hydrogen) atoms. The van der Waals surface area contributed by atoms with Gasteiger partial charge in [-0.05, 0) is 29.8 Å². The lowest BCUT2D eigenvalue weighted by atomic mass is 10.2. The van der Waals surface area contributed by atoms with Gasteiger partial charge in [-0.3, -0.25) is 0 Å². The van der Waals surface area contributed by atoms with E-state index in [0.29, 0.717) is 17.9 Å². The zero-order valence-electron chi connectivity index (χ0n) is 10.5. The molecule has 0 aliphatic heterocycles. The second kappa shape index (κ2) is 5.40. The van der Waals surface area contributed by atoms with Crippen molar-refractivity contribution in [3.05, 3.63) is 64.3 Å². The minimum absolute atomic E-state index is 0.211. The van der Waals surface area contributed by atoms with Crippen molar-refractivity contribution in [1.82, 2.24) is 0 Å². The molecule has 3 nitrogen and oxygen atoms in total. The summed E-state index contributed by atoms with van der Waals surface area (Å²) in [5.41, 5.74) is 1.69. The molecule has 0 bridgehead atoms. The average Bonchev–Trinajstić information content (AvgIpc) is 2.84. The topological polar surface area (TPSA) is 46.2 Å². The van der Waals surface area contributed by atoms with E-state index in [9.17, 15) is 0 Å². The molecule has 3 aromatic rings. The fraction of sp³-hybridized carbons (Fsp3) is 0.0625. The van der Waals surface area contributed by atoms with Crippen LogP contribution in [0.15, 0.2) is 57.4 Å². The molecule has 2 aromatic carbocycles. The summed E-state index contributed by atoms with van der Waals surface area (Å²) in [4.78, 5) is 0. The van der Waals surface area contributed by atoms with Gasteiger partial charge in [-0.2, -0.15) is 5.26 Å². The van der Waals surface area contributed by atoms with Gasteiger partial charge in [0.05, 0.1) is 5.39 Å². The number of nitrogens with zero attached hydrogens (tertiary/aromatic N) is 1. The summed E-state index contributed by atoms with van der Waals surface area (Å²) >= 11 is 3.39. The normalized spacial score (nSPS) is 10.4. The molecule has 0 N–H and O–H groups in total. The number of halogens is 1. The predicted molar refractivity (Wildman–Crippen MR) is 79.4 cm³/mol. The van der Waals surface area contributed by atoms with Crippen LogP contribution in [0.4, 0.5) is 0 Å². The molecule has 1 aromatic heterocycles. The standard InChI is InChI=1S/C16H10BrNO2/c17-12-7-5-11(6-8-12)10-19-16-13-3-1-2-4-14(13)20-15(16)9-18/h1-8H,10H2. The number of hydrogen-bond acceptors (Lipinski definition) is 3. The summed E-state index contributed by atoms with van der Waals surface area (Å²) in [6.07, 6.45) is 0. The van der Waals surface area contributed by atoms with Crippen molar-refractivity contribution < 1.29 is 9.15 Å². The zero-order valence-corrected chi connectivity index (χ0v) is 12.1. The highest BCUT2D eigenvalue weighted by molar-refractivity contribution is 9.10. The summed E-state index contributed by atoms with van der Waals surface area (Å²) in [5, 5.41) is 9.94. The van der Waals surface area contributed by atoms with Gasteiger partial charge in [0, 0.05) is 4.47 Å². The van der Waals surface area contributed by atoms with Crippen LogP contribution in [0.1, 0.15) is 11.3 Å². The van der Waals surface area contributed by atoms with Crippen LogP contribution in [0.5, 0.6) is 5.75 Å². The van der Waals surface area contributed by atoms with Gasteiger partial charge in [-0.15, -0.1) is 0 Å². The Bertz CT molecular complexity index is 784. The molecule has 0 atom stereocenters. The van der Waals surface area contributed by atoms with Gasteiger partial charge in [0.25, 0.3) is 0 Å². The second-order valence-electron chi connectivity index (χ2n) is 4.28. The van der Waals surface area contributed by atoms with Crippen LogP contribution in [0, 0.1) is 11.3 Å². The molecule has 1 heterocycles. The van der Waals surface area contributed by atoms with Gasteiger partial charge in [0.15, 0.2) is 5.75 Å². The van der Waals surface area contributed by atoms with Gasteiger partial charge < -0.3 is 9.15 Å². The van der Waals surface area contributed by atoms with Crippen molar-refractivity contribution >= 4 is 26.9 Å². The minimum atomic E-state index is 0.211. The fourth-order valence-corrected chi connectivity index (χ4v) is 2.24. The van der Waals surface area contributed by atoms with Crippen molar-refractivity contribution in [3.8, 4) is 11.8 Å². The van der Waals surface area contributed by atoms with Gasteiger partial charge in [-0.1, -0.05) is 40.2 Å². The van der Waals surface area contributed by atoms with Crippen LogP contribution in [0.2, 0.25) is 0 Å². The van der Waals surface area contributed by atoms with Gasteiger partial charge >= 0.3 is 0 Å².